The fourth-order valence-corrected chi connectivity index (χ4v) is 3.91. The molecule has 1 saturated heterocycles. The van der Waals surface area contributed by atoms with Crippen LogP contribution in [0.1, 0.15) is 18.7 Å². The van der Waals surface area contributed by atoms with Gasteiger partial charge in [0.25, 0.3) is 0 Å². The maximum absolute atomic E-state index is 13.0. The van der Waals surface area contributed by atoms with Crippen molar-refractivity contribution in [3.63, 3.8) is 0 Å². The van der Waals surface area contributed by atoms with Gasteiger partial charge in [-0.15, -0.1) is 0 Å². The first-order valence-corrected chi connectivity index (χ1v) is 10.3. The number of amides is 1. The Hall–Kier alpha value is -2.48. The number of anilines is 1. The van der Waals surface area contributed by atoms with Crippen LogP contribution < -0.4 is 5.32 Å². The van der Waals surface area contributed by atoms with Gasteiger partial charge in [-0.05, 0) is 68.4 Å². The molecule has 2 aromatic carbocycles. The molecule has 30 heavy (non-hydrogen) atoms. The smallest absolute Gasteiger partial charge is 0.241 e. The zero-order valence-electron chi connectivity index (χ0n) is 15.9. The van der Waals surface area contributed by atoms with Crippen LogP contribution in [-0.2, 0) is 11.3 Å². The molecule has 1 fully saturated rings. The molecular formula is C21H19Cl2FN4O2. The summed E-state index contributed by atoms with van der Waals surface area (Å²) in [5.74, 6) is 0.449. The molecule has 1 aromatic heterocycles. The first-order chi connectivity index (χ1) is 14.5. The molecule has 3 aromatic rings. The Morgan fingerprint density at radius 3 is 2.60 bits per heavy atom. The Morgan fingerprint density at radius 1 is 1.17 bits per heavy atom. The number of hydrogen-bond donors (Lipinski definition) is 1. The minimum Gasteiger partial charge on any atom is -0.338 e. The lowest BCUT2D eigenvalue weighted by Gasteiger charge is -2.30. The average molecular weight is 449 g/mol. The quantitative estimate of drug-likeness (QED) is 0.592. The number of nitrogens with zero attached hydrogens (tertiary/aromatic N) is 3. The molecule has 9 heteroatoms. The highest BCUT2D eigenvalue weighted by Crippen LogP contribution is 2.29. The normalized spacial score (nSPS) is 15.3. The summed E-state index contributed by atoms with van der Waals surface area (Å²) in [6.45, 7) is 1.98. The minimum absolute atomic E-state index is 0.0429. The molecule has 0 radical (unpaired) electrons. The van der Waals surface area contributed by atoms with Crippen LogP contribution in [0.25, 0.3) is 11.4 Å². The number of hydrogen-bond acceptors (Lipinski definition) is 5. The molecule has 1 N–H and O–H groups in total. The summed E-state index contributed by atoms with van der Waals surface area (Å²) in [7, 11) is 0. The van der Waals surface area contributed by atoms with Crippen LogP contribution in [0.15, 0.2) is 47.0 Å². The molecule has 1 aliphatic heterocycles. The van der Waals surface area contributed by atoms with Gasteiger partial charge in [0.05, 0.1) is 11.6 Å². The molecule has 1 amide bonds. The van der Waals surface area contributed by atoms with Crippen molar-refractivity contribution in [2.45, 2.75) is 19.4 Å². The molecule has 0 spiro atoms. The SMILES string of the molecule is O=C(Nc1ccc(F)cc1)C1CCN(Cc2nc(-c3ccc(Cl)cc3Cl)no2)CC1. The van der Waals surface area contributed by atoms with E-state index in [4.69, 9.17) is 27.7 Å². The molecule has 0 unspecified atom stereocenters. The lowest BCUT2D eigenvalue weighted by Crippen LogP contribution is -2.37. The molecule has 0 bridgehead atoms. The Labute approximate surface area is 183 Å². The summed E-state index contributed by atoms with van der Waals surface area (Å²) in [4.78, 5) is 19.0. The molecule has 0 atom stereocenters. The highest BCUT2D eigenvalue weighted by molar-refractivity contribution is 6.36. The fourth-order valence-electron chi connectivity index (χ4n) is 3.42. The van der Waals surface area contributed by atoms with Crippen molar-refractivity contribution in [1.82, 2.24) is 15.0 Å². The van der Waals surface area contributed by atoms with Gasteiger partial charge in [0.1, 0.15) is 5.82 Å². The Kier molecular flexibility index (Phi) is 6.32. The molecule has 6 nitrogen and oxygen atoms in total. The monoisotopic (exact) mass is 448 g/mol. The van der Waals surface area contributed by atoms with Crippen molar-refractivity contribution in [3.05, 3.63) is 64.2 Å². The molecule has 0 saturated carbocycles. The predicted octanol–water partition coefficient (Wildman–Crippen LogP) is 5.03. The predicted molar refractivity (Wildman–Crippen MR) is 113 cm³/mol. The highest BCUT2D eigenvalue weighted by Gasteiger charge is 2.26. The second kappa shape index (κ2) is 9.12. The van der Waals surface area contributed by atoms with Gasteiger partial charge in [-0.1, -0.05) is 28.4 Å². The topological polar surface area (TPSA) is 71.3 Å². The molecule has 2 heterocycles. The average Bonchev–Trinajstić information content (AvgIpc) is 3.18. The van der Waals surface area contributed by atoms with Crippen molar-refractivity contribution < 1.29 is 13.7 Å². The van der Waals surface area contributed by atoms with Gasteiger partial charge in [0.15, 0.2) is 0 Å². The lowest BCUT2D eigenvalue weighted by molar-refractivity contribution is -0.121. The number of benzene rings is 2. The lowest BCUT2D eigenvalue weighted by atomic mass is 9.96. The minimum atomic E-state index is -0.330. The van der Waals surface area contributed by atoms with Crippen LogP contribution in [-0.4, -0.2) is 34.0 Å². The maximum atomic E-state index is 13.0. The Morgan fingerprint density at radius 2 is 1.90 bits per heavy atom. The van der Waals surface area contributed by atoms with Gasteiger partial charge in [-0.25, -0.2) is 4.39 Å². The summed E-state index contributed by atoms with van der Waals surface area (Å²) in [5.41, 5.74) is 1.26. The van der Waals surface area contributed by atoms with Gasteiger partial charge in [0, 0.05) is 22.2 Å². The van der Waals surface area contributed by atoms with Crippen molar-refractivity contribution >= 4 is 34.8 Å². The summed E-state index contributed by atoms with van der Waals surface area (Å²) < 4.78 is 18.4. The van der Waals surface area contributed by atoms with Crippen LogP contribution >= 0.6 is 23.2 Å². The van der Waals surface area contributed by atoms with Crippen LogP contribution in [0, 0.1) is 11.7 Å². The van der Waals surface area contributed by atoms with Crippen molar-refractivity contribution in [2.24, 2.45) is 5.92 Å². The summed E-state index contributed by atoms with van der Waals surface area (Å²) in [6, 6.07) is 10.9. The van der Waals surface area contributed by atoms with E-state index in [0.29, 0.717) is 39.6 Å². The van der Waals surface area contributed by atoms with E-state index >= 15 is 0 Å². The number of carbonyl (C=O) groups excluding carboxylic acids is 1. The van der Waals surface area contributed by atoms with Crippen LogP contribution in [0.5, 0.6) is 0 Å². The van der Waals surface area contributed by atoms with Crippen LogP contribution in [0.2, 0.25) is 10.0 Å². The third kappa shape index (κ3) is 4.98. The third-order valence-electron chi connectivity index (χ3n) is 5.07. The van der Waals surface area contributed by atoms with Crippen molar-refractivity contribution in [3.8, 4) is 11.4 Å². The second-order valence-corrected chi connectivity index (χ2v) is 8.03. The van der Waals surface area contributed by atoms with Gasteiger partial charge in [0.2, 0.25) is 17.6 Å². The largest absolute Gasteiger partial charge is 0.338 e. The fraction of sp³-hybridized carbons (Fsp3) is 0.286. The number of rotatable bonds is 5. The van der Waals surface area contributed by atoms with E-state index in [1.54, 1.807) is 30.3 Å². The van der Waals surface area contributed by atoms with E-state index in [9.17, 15) is 9.18 Å². The van der Waals surface area contributed by atoms with E-state index < -0.39 is 0 Å². The first-order valence-electron chi connectivity index (χ1n) is 9.55. The van der Waals surface area contributed by atoms with Gasteiger partial charge in [-0.3, -0.25) is 9.69 Å². The van der Waals surface area contributed by atoms with Gasteiger partial charge < -0.3 is 9.84 Å². The van der Waals surface area contributed by atoms with Crippen LogP contribution in [0.4, 0.5) is 10.1 Å². The maximum Gasteiger partial charge on any atom is 0.241 e. The first kappa shape index (κ1) is 20.8. The zero-order chi connectivity index (χ0) is 21.1. The summed E-state index contributed by atoms with van der Waals surface area (Å²) >= 11 is 12.1. The standard InChI is InChI=1S/C21H19Cl2FN4O2/c22-14-1-6-17(18(23)11-14)20-26-19(30-27-20)12-28-9-7-13(8-10-28)21(29)25-16-4-2-15(24)3-5-16/h1-6,11,13H,7-10,12H2,(H,25,29). The summed E-state index contributed by atoms with van der Waals surface area (Å²) in [5, 5.41) is 7.86. The molecule has 0 aliphatic carbocycles. The number of piperidine rings is 1. The number of carbonyl (C=O) groups is 1. The molecule has 156 valence electrons. The number of aromatic nitrogens is 2. The van der Waals surface area contributed by atoms with E-state index in [1.165, 1.54) is 12.1 Å². The number of nitrogens with one attached hydrogen (secondary N) is 1. The summed E-state index contributed by atoms with van der Waals surface area (Å²) in [6.07, 6.45) is 1.44. The third-order valence-corrected chi connectivity index (χ3v) is 5.62. The van der Waals surface area contributed by atoms with E-state index in [2.05, 4.69) is 20.4 Å². The Bertz CT molecular complexity index is 1030. The second-order valence-electron chi connectivity index (χ2n) is 7.18. The van der Waals surface area contributed by atoms with Gasteiger partial charge in [-0.2, -0.15) is 4.98 Å². The molecule has 4 rings (SSSR count). The van der Waals surface area contributed by atoms with E-state index in [1.807, 2.05) is 0 Å². The molecule has 1 aliphatic rings. The highest BCUT2D eigenvalue weighted by atomic mass is 35.5. The van der Waals surface area contributed by atoms with Gasteiger partial charge >= 0.3 is 0 Å². The Balaban J connectivity index is 1.30. The zero-order valence-corrected chi connectivity index (χ0v) is 17.5. The number of likely N-dealkylation sites (tertiary alicyclic amines) is 1. The van der Waals surface area contributed by atoms with Crippen molar-refractivity contribution in [2.75, 3.05) is 18.4 Å². The molecular weight excluding hydrogens is 430 g/mol. The number of halogens is 3. The van der Waals surface area contributed by atoms with E-state index in [-0.39, 0.29) is 17.6 Å². The van der Waals surface area contributed by atoms with Crippen LogP contribution in [0.3, 0.4) is 0 Å². The van der Waals surface area contributed by atoms with E-state index in [0.717, 1.165) is 25.9 Å². The van der Waals surface area contributed by atoms with Crippen molar-refractivity contribution in [1.29, 1.82) is 0 Å².